The van der Waals surface area contributed by atoms with E-state index in [1.54, 1.807) is 12.3 Å². The summed E-state index contributed by atoms with van der Waals surface area (Å²) in [5, 5.41) is 15.5. The molecule has 1 fully saturated rings. The van der Waals surface area contributed by atoms with Gasteiger partial charge in [-0.25, -0.2) is 4.79 Å². The molecule has 0 saturated heterocycles. The van der Waals surface area contributed by atoms with Gasteiger partial charge >= 0.3 is 5.97 Å². The van der Waals surface area contributed by atoms with Gasteiger partial charge in [0.05, 0.1) is 22.6 Å². The molecule has 2 aromatic carbocycles. The summed E-state index contributed by atoms with van der Waals surface area (Å²) in [4.78, 5) is 18.3. The second-order valence-electron chi connectivity index (χ2n) is 8.95. The lowest BCUT2D eigenvalue weighted by molar-refractivity contribution is 0.0695. The van der Waals surface area contributed by atoms with Crippen LogP contribution in [0.3, 0.4) is 0 Å². The second-order valence-corrected chi connectivity index (χ2v) is 8.95. The van der Waals surface area contributed by atoms with E-state index in [0.717, 1.165) is 44.8 Å². The summed E-state index contributed by atoms with van der Waals surface area (Å²) in [6.45, 7) is 0. The smallest absolute Gasteiger partial charge is 0.336 e. The number of anilines is 2. The van der Waals surface area contributed by atoms with Gasteiger partial charge in [-0.1, -0.05) is 24.3 Å². The first-order valence-corrected chi connectivity index (χ1v) is 11.2. The minimum absolute atomic E-state index is 0.314. The number of nitrogens with zero attached hydrogens (tertiary/aromatic N) is 4. The minimum Gasteiger partial charge on any atom is -0.478 e. The maximum atomic E-state index is 11.7. The number of aromatic carboxylic acids is 1. The zero-order valence-electron chi connectivity index (χ0n) is 18.6. The Balaban J connectivity index is 1.42. The molecule has 0 spiro atoms. The van der Waals surface area contributed by atoms with Crippen LogP contribution in [0.25, 0.3) is 22.6 Å². The van der Waals surface area contributed by atoms with E-state index in [1.165, 1.54) is 18.4 Å². The SMILES string of the molecule is CN(c1cccc(C2CC2)c1)c1cccc2c(C3=Cc4nccc(C(=O)O)c4C3)n(C)nc12. The topological polar surface area (TPSA) is 71.2 Å². The van der Waals surface area contributed by atoms with Crippen LogP contribution in [-0.2, 0) is 13.5 Å². The number of pyridine rings is 1. The van der Waals surface area contributed by atoms with Crippen molar-refractivity contribution < 1.29 is 9.90 Å². The largest absolute Gasteiger partial charge is 0.478 e. The maximum absolute atomic E-state index is 11.7. The lowest BCUT2D eigenvalue weighted by Crippen LogP contribution is -2.10. The molecule has 33 heavy (non-hydrogen) atoms. The minimum atomic E-state index is -0.921. The molecule has 0 atom stereocenters. The van der Waals surface area contributed by atoms with Crippen molar-refractivity contribution in [3.8, 4) is 0 Å². The van der Waals surface area contributed by atoms with Gasteiger partial charge in [-0.2, -0.15) is 5.10 Å². The first kappa shape index (κ1) is 19.7. The van der Waals surface area contributed by atoms with Crippen molar-refractivity contribution in [1.29, 1.82) is 0 Å². The number of hydrogen-bond acceptors (Lipinski definition) is 4. The third kappa shape index (κ3) is 3.21. The number of carboxylic acid groups (broad SMARTS) is 1. The van der Waals surface area contributed by atoms with Gasteiger partial charge in [0.25, 0.3) is 0 Å². The fraction of sp³-hybridized carbons (Fsp3) is 0.222. The van der Waals surface area contributed by atoms with Crippen LogP contribution in [0.5, 0.6) is 0 Å². The van der Waals surface area contributed by atoms with E-state index in [-0.39, 0.29) is 0 Å². The molecular weight excluding hydrogens is 412 g/mol. The third-order valence-corrected chi connectivity index (χ3v) is 6.81. The average Bonchev–Trinajstić information content (AvgIpc) is 3.49. The van der Waals surface area contributed by atoms with Crippen molar-refractivity contribution in [1.82, 2.24) is 14.8 Å². The quantitative estimate of drug-likeness (QED) is 0.453. The summed E-state index contributed by atoms with van der Waals surface area (Å²) in [7, 11) is 4.03. The maximum Gasteiger partial charge on any atom is 0.336 e. The lowest BCUT2D eigenvalue weighted by atomic mass is 10.0. The second kappa shape index (κ2) is 7.30. The average molecular weight is 437 g/mol. The Hall–Kier alpha value is -3.93. The Morgan fingerprint density at radius 2 is 1.97 bits per heavy atom. The fourth-order valence-corrected chi connectivity index (χ4v) is 4.97. The van der Waals surface area contributed by atoms with Crippen LogP contribution >= 0.6 is 0 Å². The molecule has 2 aliphatic rings. The summed E-state index contributed by atoms with van der Waals surface area (Å²) in [5.41, 5.74) is 8.37. The molecule has 0 aliphatic heterocycles. The number of rotatable bonds is 5. The van der Waals surface area contributed by atoms with Crippen molar-refractivity contribution in [2.75, 3.05) is 11.9 Å². The Bertz CT molecular complexity index is 1460. The molecule has 4 aromatic rings. The molecule has 2 heterocycles. The zero-order valence-corrected chi connectivity index (χ0v) is 18.6. The van der Waals surface area contributed by atoms with Gasteiger partial charge in [0.15, 0.2) is 0 Å². The summed E-state index contributed by atoms with van der Waals surface area (Å²) in [6, 6.07) is 16.6. The number of allylic oxidation sites excluding steroid dienone is 1. The number of carboxylic acids is 1. The van der Waals surface area contributed by atoms with Crippen molar-refractivity contribution in [3.05, 3.63) is 82.8 Å². The molecule has 6 nitrogen and oxygen atoms in total. The molecule has 2 aliphatic carbocycles. The van der Waals surface area contributed by atoms with Crippen LogP contribution in [0, 0.1) is 0 Å². The van der Waals surface area contributed by atoms with Gasteiger partial charge in [0, 0.05) is 37.8 Å². The van der Waals surface area contributed by atoms with Crippen LogP contribution in [0.4, 0.5) is 11.4 Å². The van der Waals surface area contributed by atoms with E-state index in [2.05, 4.69) is 59.4 Å². The number of fused-ring (bicyclic) bond motifs is 2. The van der Waals surface area contributed by atoms with E-state index in [9.17, 15) is 9.90 Å². The van der Waals surface area contributed by atoms with Gasteiger partial charge in [0.2, 0.25) is 0 Å². The van der Waals surface area contributed by atoms with Crippen LogP contribution in [0.1, 0.15) is 51.6 Å². The van der Waals surface area contributed by atoms with Crippen LogP contribution < -0.4 is 4.90 Å². The third-order valence-electron chi connectivity index (χ3n) is 6.81. The highest BCUT2D eigenvalue weighted by atomic mass is 16.4. The predicted octanol–water partition coefficient (Wildman–Crippen LogP) is 5.41. The molecular formula is C27H24N4O2. The van der Waals surface area contributed by atoms with Crippen molar-refractivity contribution in [2.24, 2.45) is 7.05 Å². The highest BCUT2D eigenvalue weighted by Crippen LogP contribution is 2.42. The Labute approximate surface area is 191 Å². The summed E-state index contributed by atoms with van der Waals surface area (Å²) < 4.78 is 1.90. The van der Waals surface area contributed by atoms with E-state index in [0.29, 0.717) is 17.9 Å². The number of aromatic nitrogens is 3. The highest BCUT2D eigenvalue weighted by molar-refractivity contribution is 6.04. The van der Waals surface area contributed by atoms with Gasteiger partial charge in [-0.15, -0.1) is 0 Å². The Morgan fingerprint density at radius 1 is 1.15 bits per heavy atom. The standard InChI is InChI=1S/C27H24N4O2/c1-30(19-6-3-5-17(13-19)16-9-10-16)24-8-4-7-21-25(24)29-31(2)26(21)18-14-22-20(27(32)33)11-12-28-23(22)15-18/h3-8,11-13,15-16H,9-10,14H2,1-2H3,(H,32,33). The van der Waals surface area contributed by atoms with Crippen LogP contribution in [-0.4, -0.2) is 32.9 Å². The molecule has 164 valence electrons. The monoisotopic (exact) mass is 436 g/mol. The Kier molecular flexibility index (Phi) is 4.37. The van der Waals surface area contributed by atoms with Crippen molar-refractivity contribution in [2.45, 2.75) is 25.2 Å². The van der Waals surface area contributed by atoms with Gasteiger partial charge in [-0.3, -0.25) is 9.67 Å². The van der Waals surface area contributed by atoms with Crippen LogP contribution in [0.2, 0.25) is 0 Å². The number of aryl methyl sites for hydroxylation is 1. The number of hydrogen-bond donors (Lipinski definition) is 1. The normalized spacial score (nSPS) is 14.9. The van der Waals surface area contributed by atoms with E-state index in [4.69, 9.17) is 5.10 Å². The number of carbonyl (C=O) groups is 1. The predicted molar refractivity (Wildman–Crippen MR) is 130 cm³/mol. The van der Waals surface area contributed by atoms with E-state index < -0.39 is 5.97 Å². The van der Waals surface area contributed by atoms with Crippen molar-refractivity contribution >= 4 is 39.9 Å². The summed E-state index contributed by atoms with van der Waals surface area (Å²) in [5.74, 6) is -0.216. The van der Waals surface area contributed by atoms with Crippen molar-refractivity contribution in [3.63, 3.8) is 0 Å². The van der Waals surface area contributed by atoms with Gasteiger partial charge in [0.1, 0.15) is 5.52 Å². The number of benzene rings is 2. The van der Waals surface area contributed by atoms with Crippen LogP contribution in [0.15, 0.2) is 54.7 Å². The zero-order chi connectivity index (χ0) is 22.7. The molecule has 2 aromatic heterocycles. The summed E-state index contributed by atoms with van der Waals surface area (Å²) >= 11 is 0. The van der Waals surface area contributed by atoms with E-state index in [1.807, 2.05) is 17.8 Å². The Morgan fingerprint density at radius 3 is 2.76 bits per heavy atom. The molecule has 0 unspecified atom stereocenters. The molecule has 1 N–H and O–H groups in total. The lowest BCUT2D eigenvalue weighted by Gasteiger charge is -2.20. The fourth-order valence-electron chi connectivity index (χ4n) is 4.97. The first-order valence-electron chi connectivity index (χ1n) is 11.2. The van der Waals surface area contributed by atoms with Gasteiger partial charge < -0.3 is 10.0 Å². The molecule has 0 bridgehead atoms. The molecule has 1 saturated carbocycles. The van der Waals surface area contributed by atoms with E-state index >= 15 is 0 Å². The molecule has 6 rings (SSSR count). The molecule has 6 heteroatoms. The summed E-state index contributed by atoms with van der Waals surface area (Å²) in [6.07, 6.45) is 6.65. The highest BCUT2D eigenvalue weighted by Gasteiger charge is 2.26. The molecule has 0 radical (unpaired) electrons. The first-order chi connectivity index (χ1) is 16.0. The molecule has 0 amide bonds. The van der Waals surface area contributed by atoms with Gasteiger partial charge in [-0.05, 0) is 65.8 Å².